The minimum absolute atomic E-state index is 0.965. The molecule has 0 atom stereocenters. The number of fused-ring (bicyclic) bond motifs is 1. The van der Waals surface area contributed by atoms with Crippen molar-refractivity contribution in [3.05, 3.63) is 53.9 Å². The zero-order valence-electron chi connectivity index (χ0n) is 10.7. The van der Waals surface area contributed by atoms with Gasteiger partial charge < -0.3 is 4.98 Å². The summed E-state index contributed by atoms with van der Waals surface area (Å²) in [6, 6.07) is 14.8. The van der Waals surface area contributed by atoms with E-state index in [0.717, 1.165) is 17.9 Å². The van der Waals surface area contributed by atoms with Gasteiger partial charge in [0.25, 0.3) is 0 Å². The zero-order chi connectivity index (χ0) is 12.5. The summed E-state index contributed by atoms with van der Waals surface area (Å²) in [6.45, 7) is 4.22. The van der Waals surface area contributed by atoms with E-state index in [2.05, 4.69) is 61.3 Å². The molecule has 2 nitrogen and oxygen atoms in total. The number of aryl methyl sites for hydroxylation is 2. The normalized spacial score (nSPS) is 11.0. The van der Waals surface area contributed by atoms with E-state index in [-0.39, 0.29) is 0 Å². The van der Waals surface area contributed by atoms with E-state index in [1.54, 1.807) is 0 Å². The molecule has 1 N–H and O–H groups in total. The summed E-state index contributed by atoms with van der Waals surface area (Å²) in [5.74, 6) is 0.973. The average molecular weight is 236 g/mol. The minimum atomic E-state index is 0.965. The van der Waals surface area contributed by atoms with Gasteiger partial charge in [0.1, 0.15) is 5.82 Å². The van der Waals surface area contributed by atoms with Crippen LogP contribution in [0.5, 0.6) is 0 Å². The highest BCUT2D eigenvalue weighted by atomic mass is 14.9. The van der Waals surface area contributed by atoms with Crippen molar-refractivity contribution >= 4 is 10.8 Å². The van der Waals surface area contributed by atoms with Gasteiger partial charge in [0.15, 0.2) is 0 Å². The number of rotatable bonds is 2. The van der Waals surface area contributed by atoms with Crippen LogP contribution in [0.15, 0.2) is 42.5 Å². The number of nitrogens with one attached hydrogen (secondary N) is 1. The van der Waals surface area contributed by atoms with E-state index < -0.39 is 0 Å². The van der Waals surface area contributed by atoms with Gasteiger partial charge >= 0.3 is 0 Å². The number of hydrogen-bond donors (Lipinski definition) is 1. The van der Waals surface area contributed by atoms with Crippen LogP contribution >= 0.6 is 0 Å². The van der Waals surface area contributed by atoms with Gasteiger partial charge in [0.05, 0.1) is 5.69 Å². The number of H-pyrrole nitrogens is 1. The zero-order valence-corrected chi connectivity index (χ0v) is 10.7. The average Bonchev–Trinajstić information content (AvgIpc) is 2.79. The molecule has 0 unspecified atom stereocenters. The van der Waals surface area contributed by atoms with Crippen LogP contribution < -0.4 is 0 Å². The molecular weight excluding hydrogens is 220 g/mol. The molecule has 90 valence electrons. The summed E-state index contributed by atoms with van der Waals surface area (Å²) in [7, 11) is 0. The van der Waals surface area contributed by atoms with Crippen LogP contribution in [-0.2, 0) is 6.42 Å². The van der Waals surface area contributed by atoms with Gasteiger partial charge in [-0.2, -0.15) is 0 Å². The van der Waals surface area contributed by atoms with Crippen LogP contribution in [0.2, 0.25) is 0 Å². The standard InChI is InChI=1S/C16H16N2/c1-3-15-11(2)17-16(18-15)14-10-6-8-12-7-4-5-9-13(12)14/h4-10H,3H2,1-2H3,(H,17,18). The fourth-order valence-corrected chi connectivity index (χ4v) is 2.40. The third kappa shape index (κ3) is 1.70. The lowest BCUT2D eigenvalue weighted by Gasteiger charge is -2.03. The first-order valence-corrected chi connectivity index (χ1v) is 6.33. The van der Waals surface area contributed by atoms with Gasteiger partial charge in [-0.05, 0) is 24.1 Å². The smallest absolute Gasteiger partial charge is 0.138 e. The summed E-state index contributed by atoms with van der Waals surface area (Å²) in [4.78, 5) is 8.09. The third-order valence-electron chi connectivity index (χ3n) is 3.37. The summed E-state index contributed by atoms with van der Waals surface area (Å²) in [5.41, 5.74) is 3.49. The molecule has 1 heterocycles. The second-order valence-electron chi connectivity index (χ2n) is 4.54. The first kappa shape index (κ1) is 11.0. The van der Waals surface area contributed by atoms with Gasteiger partial charge in [-0.15, -0.1) is 0 Å². The number of benzene rings is 2. The molecule has 1 aromatic heterocycles. The second-order valence-corrected chi connectivity index (χ2v) is 4.54. The predicted molar refractivity (Wildman–Crippen MR) is 75.6 cm³/mol. The van der Waals surface area contributed by atoms with E-state index >= 15 is 0 Å². The summed E-state index contributed by atoms with van der Waals surface area (Å²) < 4.78 is 0. The quantitative estimate of drug-likeness (QED) is 0.713. The lowest BCUT2D eigenvalue weighted by Crippen LogP contribution is -1.84. The molecule has 3 rings (SSSR count). The molecule has 2 aromatic carbocycles. The fraction of sp³-hybridized carbons (Fsp3) is 0.188. The maximum absolute atomic E-state index is 4.69. The highest BCUT2D eigenvalue weighted by molar-refractivity contribution is 5.95. The van der Waals surface area contributed by atoms with Crippen molar-refractivity contribution in [3.8, 4) is 11.4 Å². The van der Waals surface area contributed by atoms with Gasteiger partial charge in [0, 0.05) is 11.3 Å². The molecule has 0 spiro atoms. The molecule has 0 saturated carbocycles. The number of aromatic amines is 1. The van der Waals surface area contributed by atoms with E-state index in [1.807, 2.05) is 0 Å². The van der Waals surface area contributed by atoms with Crippen molar-refractivity contribution in [1.29, 1.82) is 0 Å². The number of hydrogen-bond acceptors (Lipinski definition) is 1. The van der Waals surface area contributed by atoms with Gasteiger partial charge in [-0.3, -0.25) is 0 Å². The molecular formula is C16H16N2. The predicted octanol–water partition coefficient (Wildman–Crippen LogP) is 4.10. The van der Waals surface area contributed by atoms with Crippen molar-refractivity contribution in [3.63, 3.8) is 0 Å². The lowest BCUT2D eigenvalue weighted by molar-refractivity contribution is 1.04. The highest BCUT2D eigenvalue weighted by Gasteiger charge is 2.09. The molecule has 0 aliphatic heterocycles. The Labute approximate surface area is 107 Å². The van der Waals surface area contributed by atoms with Crippen molar-refractivity contribution in [2.24, 2.45) is 0 Å². The van der Waals surface area contributed by atoms with Crippen LogP contribution in [0.1, 0.15) is 18.3 Å². The summed E-state index contributed by atoms with van der Waals surface area (Å²) in [6.07, 6.45) is 0.965. The Balaban J connectivity index is 2.24. The largest absolute Gasteiger partial charge is 0.342 e. The van der Waals surface area contributed by atoms with Gasteiger partial charge in [-0.1, -0.05) is 49.4 Å². The molecule has 0 aliphatic rings. The Morgan fingerprint density at radius 2 is 1.83 bits per heavy atom. The maximum atomic E-state index is 4.69. The molecule has 18 heavy (non-hydrogen) atoms. The van der Waals surface area contributed by atoms with Crippen LogP contribution in [0.25, 0.3) is 22.2 Å². The Kier molecular flexibility index (Phi) is 2.63. The number of nitrogens with zero attached hydrogens (tertiary/aromatic N) is 1. The van der Waals surface area contributed by atoms with Crippen LogP contribution in [-0.4, -0.2) is 9.97 Å². The Morgan fingerprint density at radius 3 is 2.61 bits per heavy atom. The summed E-state index contributed by atoms with van der Waals surface area (Å²) >= 11 is 0. The monoisotopic (exact) mass is 236 g/mol. The number of imidazole rings is 1. The first-order valence-electron chi connectivity index (χ1n) is 6.33. The number of aromatic nitrogens is 2. The summed E-state index contributed by atoms with van der Waals surface area (Å²) in [5, 5.41) is 2.50. The Hall–Kier alpha value is -2.09. The van der Waals surface area contributed by atoms with E-state index in [9.17, 15) is 0 Å². The SMILES string of the molecule is CCc1nc(-c2cccc3ccccc23)[nH]c1C. The maximum Gasteiger partial charge on any atom is 0.138 e. The van der Waals surface area contributed by atoms with Crippen LogP contribution in [0.4, 0.5) is 0 Å². The fourth-order valence-electron chi connectivity index (χ4n) is 2.40. The van der Waals surface area contributed by atoms with Crippen LogP contribution in [0, 0.1) is 6.92 Å². The molecule has 0 fully saturated rings. The molecule has 0 amide bonds. The van der Waals surface area contributed by atoms with Gasteiger partial charge in [0.2, 0.25) is 0 Å². The van der Waals surface area contributed by atoms with E-state index in [4.69, 9.17) is 4.98 Å². The van der Waals surface area contributed by atoms with Crippen LogP contribution in [0.3, 0.4) is 0 Å². The lowest BCUT2D eigenvalue weighted by atomic mass is 10.0. The van der Waals surface area contributed by atoms with E-state index in [0.29, 0.717) is 0 Å². The van der Waals surface area contributed by atoms with Gasteiger partial charge in [-0.25, -0.2) is 4.98 Å². The second kappa shape index (κ2) is 4.30. The Morgan fingerprint density at radius 1 is 1.06 bits per heavy atom. The molecule has 0 saturated heterocycles. The van der Waals surface area contributed by atoms with Crippen molar-refractivity contribution < 1.29 is 0 Å². The van der Waals surface area contributed by atoms with Crippen molar-refractivity contribution in [2.75, 3.05) is 0 Å². The van der Waals surface area contributed by atoms with E-state index in [1.165, 1.54) is 22.0 Å². The Bertz CT molecular complexity index is 690. The topological polar surface area (TPSA) is 28.7 Å². The highest BCUT2D eigenvalue weighted by Crippen LogP contribution is 2.27. The molecule has 3 aromatic rings. The molecule has 0 bridgehead atoms. The molecule has 0 aliphatic carbocycles. The first-order chi connectivity index (χ1) is 8.79. The van der Waals surface area contributed by atoms with Crippen molar-refractivity contribution in [2.45, 2.75) is 20.3 Å². The van der Waals surface area contributed by atoms with Crippen molar-refractivity contribution in [1.82, 2.24) is 9.97 Å². The third-order valence-corrected chi connectivity index (χ3v) is 3.37. The molecule has 0 radical (unpaired) electrons. The minimum Gasteiger partial charge on any atom is -0.342 e. The molecule has 2 heteroatoms.